The summed E-state index contributed by atoms with van der Waals surface area (Å²) in [6.45, 7) is 5.60. The molecular formula is C20H19NO3. The van der Waals surface area contributed by atoms with Crippen molar-refractivity contribution in [2.24, 2.45) is 0 Å². The van der Waals surface area contributed by atoms with Crippen LogP contribution in [-0.4, -0.2) is 23.4 Å². The third-order valence-corrected chi connectivity index (χ3v) is 4.28. The molecule has 0 spiro atoms. The fourth-order valence-corrected chi connectivity index (χ4v) is 3.09. The van der Waals surface area contributed by atoms with E-state index in [0.717, 1.165) is 34.1 Å². The summed E-state index contributed by atoms with van der Waals surface area (Å²) in [5.41, 5.74) is 3.90. The minimum absolute atomic E-state index is 0.0799. The van der Waals surface area contributed by atoms with Crippen molar-refractivity contribution in [1.29, 1.82) is 0 Å². The minimum Gasteiger partial charge on any atom is -0.483 e. The quantitative estimate of drug-likeness (QED) is 0.680. The molecule has 24 heavy (non-hydrogen) atoms. The molecule has 1 heterocycles. The van der Waals surface area contributed by atoms with Crippen molar-refractivity contribution in [2.75, 3.05) is 6.61 Å². The fourth-order valence-electron chi connectivity index (χ4n) is 3.09. The van der Waals surface area contributed by atoms with E-state index >= 15 is 0 Å². The summed E-state index contributed by atoms with van der Waals surface area (Å²) in [5.74, 6) is 0.537. The van der Waals surface area contributed by atoms with Crippen LogP contribution in [0.1, 0.15) is 32.0 Å². The van der Waals surface area contributed by atoms with Gasteiger partial charge in [-0.05, 0) is 38.0 Å². The van der Waals surface area contributed by atoms with Crippen LogP contribution in [0.3, 0.4) is 0 Å². The van der Waals surface area contributed by atoms with E-state index in [1.54, 1.807) is 11.5 Å². The fraction of sp³-hybridized carbons (Fsp3) is 0.200. The van der Waals surface area contributed by atoms with Gasteiger partial charge in [0.2, 0.25) is 0 Å². The highest BCUT2D eigenvalue weighted by Gasteiger charge is 2.18. The van der Waals surface area contributed by atoms with E-state index in [9.17, 15) is 9.59 Å². The Morgan fingerprint density at radius 2 is 1.71 bits per heavy atom. The smallest absolute Gasteiger partial charge is 0.269 e. The average molecular weight is 321 g/mol. The number of ether oxygens (including phenoxy) is 1. The number of rotatable bonds is 4. The molecule has 4 nitrogen and oxygen atoms in total. The molecular weight excluding hydrogens is 302 g/mol. The molecule has 0 N–H and O–H groups in total. The molecule has 3 rings (SSSR count). The number of hydrogen-bond donors (Lipinski definition) is 0. The summed E-state index contributed by atoms with van der Waals surface area (Å²) in [4.78, 5) is 24.1. The van der Waals surface area contributed by atoms with Gasteiger partial charge in [0, 0.05) is 16.6 Å². The second-order valence-corrected chi connectivity index (χ2v) is 5.87. The highest BCUT2D eigenvalue weighted by Crippen LogP contribution is 2.25. The summed E-state index contributed by atoms with van der Waals surface area (Å²) in [6, 6.07) is 13.3. The van der Waals surface area contributed by atoms with Crippen LogP contribution in [0.25, 0.3) is 10.9 Å². The van der Waals surface area contributed by atoms with Gasteiger partial charge in [0.1, 0.15) is 5.75 Å². The van der Waals surface area contributed by atoms with Gasteiger partial charge >= 0.3 is 0 Å². The Morgan fingerprint density at radius 3 is 2.38 bits per heavy atom. The van der Waals surface area contributed by atoms with Gasteiger partial charge in [-0.3, -0.25) is 14.2 Å². The van der Waals surface area contributed by atoms with Crippen molar-refractivity contribution < 1.29 is 14.3 Å². The molecule has 2 aromatic carbocycles. The molecule has 0 saturated carbocycles. The summed E-state index contributed by atoms with van der Waals surface area (Å²) in [6.07, 6.45) is 0.799. The maximum Gasteiger partial charge on any atom is 0.269 e. The zero-order valence-electron chi connectivity index (χ0n) is 14.0. The molecule has 1 aromatic heterocycles. The Hall–Kier alpha value is -2.88. The number of carbonyl (C=O) groups excluding carboxylic acids is 2. The van der Waals surface area contributed by atoms with Crippen LogP contribution in [-0.2, 0) is 0 Å². The molecule has 3 aromatic rings. The van der Waals surface area contributed by atoms with E-state index in [-0.39, 0.29) is 12.5 Å². The molecule has 0 radical (unpaired) electrons. The van der Waals surface area contributed by atoms with Gasteiger partial charge in [0.05, 0.1) is 5.52 Å². The Morgan fingerprint density at radius 1 is 1.04 bits per heavy atom. The molecule has 0 fully saturated rings. The van der Waals surface area contributed by atoms with Gasteiger partial charge in [-0.2, -0.15) is 0 Å². The van der Waals surface area contributed by atoms with Crippen LogP contribution in [0.2, 0.25) is 0 Å². The molecule has 0 aliphatic carbocycles. The van der Waals surface area contributed by atoms with E-state index < -0.39 is 0 Å². The Labute approximate surface area is 140 Å². The van der Waals surface area contributed by atoms with Gasteiger partial charge in [0.15, 0.2) is 12.9 Å². The van der Waals surface area contributed by atoms with Gasteiger partial charge in [-0.1, -0.05) is 36.4 Å². The largest absolute Gasteiger partial charge is 0.483 e. The van der Waals surface area contributed by atoms with E-state index in [1.165, 1.54) is 0 Å². The number of nitrogens with zero attached hydrogens (tertiary/aromatic N) is 1. The monoisotopic (exact) mass is 321 g/mol. The van der Waals surface area contributed by atoms with Gasteiger partial charge in [-0.25, -0.2) is 0 Å². The predicted octanol–water partition coefficient (Wildman–Crippen LogP) is 4.10. The van der Waals surface area contributed by atoms with Gasteiger partial charge < -0.3 is 4.74 Å². The van der Waals surface area contributed by atoms with E-state index in [1.807, 2.05) is 56.3 Å². The number of carbonyl (C=O) groups is 2. The van der Waals surface area contributed by atoms with Gasteiger partial charge in [-0.15, -0.1) is 0 Å². The number of para-hydroxylation sites is 2. The first-order chi connectivity index (χ1) is 11.5. The maximum absolute atomic E-state index is 12.7. The zero-order chi connectivity index (χ0) is 17.3. The Kier molecular flexibility index (Phi) is 4.21. The summed E-state index contributed by atoms with van der Waals surface area (Å²) >= 11 is 0. The lowest BCUT2D eigenvalue weighted by Crippen LogP contribution is -2.21. The minimum atomic E-state index is -0.195. The van der Waals surface area contributed by atoms with E-state index in [2.05, 4.69) is 0 Å². The topological polar surface area (TPSA) is 48.3 Å². The molecule has 0 saturated heterocycles. The van der Waals surface area contributed by atoms with Crippen LogP contribution >= 0.6 is 0 Å². The van der Waals surface area contributed by atoms with Crippen LogP contribution in [0, 0.1) is 20.8 Å². The predicted molar refractivity (Wildman–Crippen MR) is 94.1 cm³/mol. The lowest BCUT2D eigenvalue weighted by Gasteiger charge is -2.12. The highest BCUT2D eigenvalue weighted by molar-refractivity contribution is 6.04. The molecule has 0 bridgehead atoms. The van der Waals surface area contributed by atoms with Crippen molar-refractivity contribution in [3.63, 3.8) is 0 Å². The van der Waals surface area contributed by atoms with Crippen LogP contribution < -0.4 is 4.74 Å². The van der Waals surface area contributed by atoms with Crippen molar-refractivity contribution >= 4 is 23.1 Å². The molecule has 0 aliphatic heterocycles. The van der Waals surface area contributed by atoms with Crippen molar-refractivity contribution in [3.8, 4) is 5.75 Å². The first-order valence-electron chi connectivity index (χ1n) is 7.82. The van der Waals surface area contributed by atoms with Crippen LogP contribution in [0.15, 0.2) is 42.5 Å². The third kappa shape index (κ3) is 2.60. The maximum atomic E-state index is 12.7. The lowest BCUT2D eigenvalue weighted by atomic mass is 10.1. The molecule has 0 atom stereocenters. The first kappa shape index (κ1) is 16.0. The summed E-state index contributed by atoms with van der Waals surface area (Å²) in [7, 11) is 0. The number of fused-ring (bicyclic) bond motifs is 1. The van der Waals surface area contributed by atoms with Crippen molar-refractivity contribution in [2.45, 2.75) is 20.8 Å². The van der Waals surface area contributed by atoms with Crippen LogP contribution in [0.4, 0.5) is 0 Å². The Bertz CT molecular complexity index is 917. The van der Waals surface area contributed by atoms with Crippen molar-refractivity contribution in [3.05, 3.63) is 64.8 Å². The normalized spacial score (nSPS) is 10.8. The average Bonchev–Trinajstić information content (AvgIpc) is 2.85. The zero-order valence-corrected chi connectivity index (χ0v) is 14.0. The second-order valence-electron chi connectivity index (χ2n) is 5.87. The first-order valence-corrected chi connectivity index (χ1v) is 7.82. The number of hydrogen-bond acceptors (Lipinski definition) is 3. The molecule has 122 valence electrons. The number of aldehydes is 1. The molecule has 4 heteroatoms. The number of aromatic nitrogens is 1. The second kappa shape index (κ2) is 6.32. The summed E-state index contributed by atoms with van der Waals surface area (Å²) < 4.78 is 7.33. The number of benzene rings is 2. The SMILES string of the molecule is Cc1cccc(C)c1OCC(=O)n1c(C)c(C=O)c2ccccc21. The lowest BCUT2D eigenvalue weighted by molar-refractivity contribution is 0.0840. The highest BCUT2D eigenvalue weighted by atomic mass is 16.5. The van der Waals surface area contributed by atoms with Gasteiger partial charge in [0.25, 0.3) is 5.91 Å². The Balaban J connectivity index is 1.95. The van der Waals surface area contributed by atoms with Crippen LogP contribution in [0.5, 0.6) is 5.75 Å². The van der Waals surface area contributed by atoms with Crippen molar-refractivity contribution in [1.82, 2.24) is 4.57 Å². The molecule has 0 unspecified atom stereocenters. The standard InChI is InChI=1S/C20H19NO3/c1-13-7-6-8-14(2)20(13)24-12-19(23)21-15(3)17(11-22)16-9-4-5-10-18(16)21/h4-11H,12H2,1-3H3. The van der Waals surface area contributed by atoms with E-state index in [4.69, 9.17) is 4.74 Å². The third-order valence-electron chi connectivity index (χ3n) is 4.28. The number of aryl methyl sites for hydroxylation is 2. The molecule has 0 aliphatic rings. The summed E-state index contributed by atoms with van der Waals surface area (Å²) in [5, 5.41) is 0.783. The molecule has 0 amide bonds. The van der Waals surface area contributed by atoms with E-state index in [0.29, 0.717) is 11.3 Å².